The number of nitrogens with zero attached hydrogens (tertiary/aromatic N) is 1. The van der Waals surface area contributed by atoms with Crippen molar-refractivity contribution in [3.63, 3.8) is 0 Å². The van der Waals surface area contributed by atoms with Crippen molar-refractivity contribution in [3.05, 3.63) is 33.2 Å². The van der Waals surface area contributed by atoms with E-state index in [0.717, 1.165) is 15.5 Å². The molecule has 0 unspecified atom stereocenters. The Morgan fingerprint density at radius 3 is 2.79 bits per heavy atom. The number of nitrogens with one attached hydrogen (secondary N) is 1. The van der Waals surface area contributed by atoms with Gasteiger partial charge in [0.1, 0.15) is 0 Å². The number of hydrogen-bond donors (Lipinski definition) is 1. The molecule has 14 heavy (non-hydrogen) atoms. The fourth-order valence-corrected chi connectivity index (χ4v) is 2.19. The van der Waals surface area contributed by atoms with Gasteiger partial charge >= 0.3 is 5.69 Å². The highest BCUT2D eigenvalue weighted by atomic mass is 79.9. The third-order valence-electron chi connectivity index (χ3n) is 2.20. The molecule has 0 bridgehead atoms. The van der Waals surface area contributed by atoms with Gasteiger partial charge in [0.2, 0.25) is 0 Å². The van der Waals surface area contributed by atoms with Crippen LogP contribution in [0.25, 0.3) is 11.0 Å². The van der Waals surface area contributed by atoms with Crippen LogP contribution in [0, 0.1) is 0 Å². The topological polar surface area (TPSA) is 37.8 Å². The molecule has 0 fully saturated rings. The van der Waals surface area contributed by atoms with Gasteiger partial charge in [-0.05, 0) is 41.9 Å². The van der Waals surface area contributed by atoms with Crippen molar-refractivity contribution in [3.8, 4) is 0 Å². The third kappa shape index (κ3) is 1.30. The molecule has 4 heteroatoms. The normalized spacial score (nSPS) is 11.4. The Morgan fingerprint density at radius 1 is 1.43 bits per heavy atom. The molecule has 0 aliphatic carbocycles. The van der Waals surface area contributed by atoms with Crippen molar-refractivity contribution in [2.24, 2.45) is 0 Å². The van der Waals surface area contributed by atoms with E-state index < -0.39 is 0 Å². The predicted octanol–water partition coefficient (Wildman–Crippen LogP) is 2.67. The lowest BCUT2D eigenvalue weighted by molar-refractivity contribution is 0.597. The smallest absolute Gasteiger partial charge is 0.305 e. The van der Waals surface area contributed by atoms with Crippen molar-refractivity contribution in [1.29, 1.82) is 0 Å². The van der Waals surface area contributed by atoms with Crippen molar-refractivity contribution < 1.29 is 0 Å². The Hall–Kier alpha value is -1.03. The van der Waals surface area contributed by atoms with Gasteiger partial charge in [-0.15, -0.1) is 0 Å². The number of H-pyrrole nitrogens is 1. The van der Waals surface area contributed by atoms with E-state index in [-0.39, 0.29) is 11.7 Å². The number of imidazole rings is 1. The first-order valence-corrected chi connectivity index (χ1v) is 5.29. The van der Waals surface area contributed by atoms with Crippen LogP contribution >= 0.6 is 15.9 Å². The van der Waals surface area contributed by atoms with Gasteiger partial charge in [0.05, 0.1) is 11.0 Å². The molecule has 3 nitrogen and oxygen atoms in total. The summed E-state index contributed by atoms with van der Waals surface area (Å²) in [4.78, 5) is 14.4. The molecule has 2 rings (SSSR count). The Morgan fingerprint density at radius 2 is 2.14 bits per heavy atom. The first-order chi connectivity index (χ1) is 6.61. The summed E-state index contributed by atoms with van der Waals surface area (Å²) in [6, 6.07) is 5.91. The highest BCUT2D eigenvalue weighted by molar-refractivity contribution is 9.10. The fourth-order valence-electron chi connectivity index (χ4n) is 1.63. The summed E-state index contributed by atoms with van der Waals surface area (Å²) in [5, 5.41) is 0. The minimum absolute atomic E-state index is 0.0538. The predicted molar refractivity (Wildman–Crippen MR) is 60.6 cm³/mol. The second kappa shape index (κ2) is 3.28. The Kier molecular flexibility index (Phi) is 2.23. The van der Waals surface area contributed by atoms with Crippen molar-refractivity contribution in [2.45, 2.75) is 19.9 Å². The molecule has 0 saturated heterocycles. The molecule has 74 valence electrons. The van der Waals surface area contributed by atoms with Gasteiger partial charge in [0.15, 0.2) is 0 Å². The minimum Gasteiger partial charge on any atom is -0.305 e. The number of halogens is 1. The van der Waals surface area contributed by atoms with Gasteiger partial charge in [0.25, 0.3) is 0 Å². The zero-order valence-electron chi connectivity index (χ0n) is 8.04. The van der Waals surface area contributed by atoms with E-state index >= 15 is 0 Å². The molecular weight excluding hydrogens is 244 g/mol. The number of fused-ring (bicyclic) bond motifs is 1. The number of rotatable bonds is 1. The van der Waals surface area contributed by atoms with Crippen molar-refractivity contribution in [1.82, 2.24) is 9.55 Å². The highest BCUT2D eigenvalue weighted by Gasteiger charge is 2.11. The van der Waals surface area contributed by atoms with Gasteiger partial charge in [-0.25, -0.2) is 4.79 Å². The van der Waals surface area contributed by atoms with Crippen molar-refractivity contribution >= 4 is 27.0 Å². The largest absolute Gasteiger partial charge is 0.326 e. The fraction of sp³-hybridized carbons (Fsp3) is 0.300. The molecule has 0 aliphatic heterocycles. The summed E-state index contributed by atoms with van der Waals surface area (Å²) in [6.07, 6.45) is 0. The molecule has 2 aromatic rings. The summed E-state index contributed by atoms with van der Waals surface area (Å²) in [5.41, 5.74) is 1.76. The van der Waals surface area contributed by atoms with Gasteiger partial charge < -0.3 is 4.98 Å². The number of para-hydroxylation sites is 1. The van der Waals surface area contributed by atoms with Crippen LogP contribution in [0.5, 0.6) is 0 Å². The van der Waals surface area contributed by atoms with E-state index in [2.05, 4.69) is 20.9 Å². The Balaban J connectivity index is 2.94. The molecule has 1 aromatic carbocycles. The van der Waals surface area contributed by atoms with Crippen LogP contribution in [0.3, 0.4) is 0 Å². The number of aromatic amines is 1. The van der Waals surface area contributed by atoms with E-state index in [9.17, 15) is 4.79 Å². The van der Waals surface area contributed by atoms with Crippen LogP contribution in [0.15, 0.2) is 27.5 Å². The molecule has 0 spiro atoms. The summed E-state index contributed by atoms with van der Waals surface area (Å²) in [6.45, 7) is 3.99. The molecule has 0 radical (unpaired) electrons. The summed E-state index contributed by atoms with van der Waals surface area (Å²) in [5.74, 6) is 0. The lowest BCUT2D eigenvalue weighted by Crippen LogP contribution is -2.18. The summed E-state index contributed by atoms with van der Waals surface area (Å²) in [7, 11) is 0. The molecule has 1 heterocycles. The van der Waals surface area contributed by atoms with Gasteiger partial charge in [-0.3, -0.25) is 4.57 Å². The maximum atomic E-state index is 11.6. The molecule has 0 amide bonds. The van der Waals surface area contributed by atoms with E-state index in [1.807, 2.05) is 32.0 Å². The van der Waals surface area contributed by atoms with Crippen LogP contribution in [0.2, 0.25) is 0 Å². The second-order valence-corrected chi connectivity index (χ2v) is 4.38. The summed E-state index contributed by atoms with van der Waals surface area (Å²) >= 11 is 3.45. The first-order valence-electron chi connectivity index (χ1n) is 4.50. The number of benzene rings is 1. The third-order valence-corrected chi connectivity index (χ3v) is 2.84. The molecular formula is C10H11BrN2O. The van der Waals surface area contributed by atoms with Crippen LogP contribution < -0.4 is 5.69 Å². The van der Waals surface area contributed by atoms with E-state index in [0.29, 0.717) is 0 Å². The summed E-state index contributed by atoms with van der Waals surface area (Å²) < 4.78 is 2.70. The van der Waals surface area contributed by atoms with Crippen LogP contribution in [0.1, 0.15) is 19.9 Å². The average Bonchev–Trinajstić information content (AvgIpc) is 2.42. The van der Waals surface area contributed by atoms with Crippen LogP contribution in [0.4, 0.5) is 0 Å². The van der Waals surface area contributed by atoms with E-state index in [1.54, 1.807) is 4.57 Å². The van der Waals surface area contributed by atoms with Gasteiger partial charge in [-0.2, -0.15) is 0 Å². The Bertz CT molecular complexity index is 524. The molecule has 1 aromatic heterocycles. The first kappa shape index (κ1) is 9.52. The zero-order valence-corrected chi connectivity index (χ0v) is 9.63. The highest BCUT2D eigenvalue weighted by Crippen LogP contribution is 2.23. The van der Waals surface area contributed by atoms with Gasteiger partial charge in [-0.1, -0.05) is 6.07 Å². The van der Waals surface area contributed by atoms with Crippen LogP contribution in [-0.4, -0.2) is 9.55 Å². The minimum atomic E-state index is -0.0538. The number of hydrogen-bond acceptors (Lipinski definition) is 1. The van der Waals surface area contributed by atoms with Gasteiger partial charge in [0, 0.05) is 10.5 Å². The molecule has 0 aliphatic rings. The standard InChI is InChI=1S/C10H11BrN2O/c1-6(2)13-9-7(11)4-3-5-8(9)12-10(13)14/h3-6H,1-2H3,(H,12,14). The van der Waals surface area contributed by atoms with E-state index in [4.69, 9.17) is 0 Å². The quantitative estimate of drug-likeness (QED) is 0.835. The molecule has 0 saturated carbocycles. The lowest BCUT2D eigenvalue weighted by Gasteiger charge is -2.07. The molecule has 0 atom stereocenters. The average molecular weight is 255 g/mol. The maximum Gasteiger partial charge on any atom is 0.326 e. The van der Waals surface area contributed by atoms with Crippen LogP contribution in [-0.2, 0) is 0 Å². The second-order valence-electron chi connectivity index (χ2n) is 3.53. The molecule has 1 N–H and O–H groups in total. The maximum absolute atomic E-state index is 11.6. The number of aromatic nitrogens is 2. The van der Waals surface area contributed by atoms with Crippen molar-refractivity contribution in [2.75, 3.05) is 0 Å². The lowest BCUT2D eigenvalue weighted by atomic mass is 10.3. The van der Waals surface area contributed by atoms with E-state index in [1.165, 1.54) is 0 Å². The Labute approximate surface area is 89.9 Å². The SMILES string of the molecule is CC(C)n1c(=O)[nH]c2cccc(Br)c21. The zero-order chi connectivity index (χ0) is 10.3. The monoisotopic (exact) mass is 254 g/mol.